The number of carbonyl (C=O) groups excluding carboxylic acids is 2. The van der Waals surface area contributed by atoms with Gasteiger partial charge in [0, 0.05) is 49.5 Å². The molecule has 1 saturated heterocycles. The lowest BCUT2D eigenvalue weighted by molar-refractivity contribution is -0.131. The van der Waals surface area contributed by atoms with Crippen molar-refractivity contribution in [3.05, 3.63) is 59.9 Å². The molecule has 0 aliphatic carbocycles. The summed E-state index contributed by atoms with van der Waals surface area (Å²) < 4.78 is 25.5. The number of carbonyl (C=O) groups is 2. The minimum absolute atomic E-state index is 0.00201. The number of rotatable bonds is 5. The number of benzene rings is 1. The summed E-state index contributed by atoms with van der Waals surface area (Å²) in [4.78, 5) is 36.0. The van der Waals surface area contributed by atoms with Crippen molar-refractivity contribution < 1.29 is 18.4 Å². The second-order valence-corrected chi connectivity index (χ2v) is 7.92. The number of alkyl halides is 2. The predicted octanol–water partition coefficient (Wildman–Crippen LogP) is 3.40. The molecule has 1 aliphatic rings. The van der Waals surface area contributed by atoms with E-state index in [1.807, 2.05) is 30.5 Å². The quantitative estimate of drug-likeness (QED) is 0.630. The molecule has 1 aromatic carbocycles. The number of thioether (sulfide) groups is 1. The van der Waals surface area contributed by atoms with Gasteiger partial charge in [0.25, 0.3) is 11.7 Å². The Balaban J connectivity index is 1.38. The molecule has 9 heteroatoms. The number of piperazine rings is 1. The van der Waals surface area contributed by atoms with Crippen LogP contribution in [-0.4, -0.2) is 63.5 Å². The average Bonchev–Trinajstić information content (AvgIpc) is 3.16. The minimum atomic E-state index is -2.65. The molecule has 1 N–H and O–H groups in total. The number of hydrogen-bond acceptors (Lipinski definition) is 4. The third kappa shape index (κ3) is 4.30. The first-order chi connectivity index (χ1) is 14.5. The highest BCUT2D eigenvalue weighted by molar-refractivity contribution is 7.99. The topological polar surface area (TPSA) is 69.3 Å². The van der Waals surface area contributed by atoms with Crippen LogP contribution in [0, 0.1) is 0 Å². The molecule has 1 fully saturated rings. The lowest BCUT2D eigenvalue weighted by Crippen LogP contribution is -2.51. The third-order valence-electron chi connectivity index (χ3n) is 5.14. The van der Waals surface area contributed by atoms with Crippen LogP contribution in [0.25, 0.3) is 10.9 Å². The molecule has 0 radical (unpaired) electrons. The number of aromatic nitrogens is 2. The summed E-state index contributed by atoms with van der Waals surface area (Å²) in [5.74, 6) is -2.98. The molecule has 0 bridgehead atoms. The van der Waals surface area contributed by atoms with E-state index in [0.29, 0.717) is 26.2 Å². The van der Waals surface area contributed by atoms with Crippen LogP contribution in [0.2, 0.25) is 0 Å². The summed E-state index contributed by atoms with van der Waals surface area (Å²) in [6.07, 6.45) is 3.53. The van der Waals surface area contributed by atoms with Crippen LogP contribution in [0.3, 0.4) is 0 Å². The first-order valence-corrected chi connectivity index (χ1v) is 10.4. The average molecular weight is 430 g/mol. The van der Waals surface area contributed by atoms with Crippen molar-refractivity contribution >= 4 is 34.5 Å². The molecule has 3 aromatic rings. The Morgan fingerprint density at radius 1 is 1.07 bits per heavy atom. The summed E-state index contributed by atoms with van der Waals surface area (Å²) in [5.41, 5.74) is 2.10. The van der Waals surface area contributed by atoms with Crippen molar-refractivity contribution in [2.24, 2.45) is 0 Å². The van der Waals surface area contributed by atoms with Gasteiger partial charge in [0.1, 0.15) is 5.03 Å². The van der Waals surface area contributed by atoms with Gasteiger partial charge in [0.2, 0.25) is 5.91 Å². The van der Waals surface area contributed by atoms with Crippen molar-refractivity contribution in [1.82, 2.24) is 19.8 Å². The van der Waals surface area contributed by atoms with Crippen LogP contribution in [0.4, 0.5) is 8.78 Å². The molecule has 2 aromatic heterocycles. The summed E-state index contributed by atoms with van der Waals surface area (Å²) >= 11 is 0.266. The highest BCUT2D eigenvalue weighted by Gasteiger charge is 2.27. The Morgan fingerprint density at radius 3 is 2.57 bits per heavy atom. The first kappa shape index (κ1) is 20.3. The fourth-order valence-electron chi connectivity index (χ4n) is 3.61. The number of hydrogen-bond donors (Lipinski definition) is 1. The number of pyridine rings is 1. The molecule has 2 amide bonds. The Kier molecular flexibility index (Phi) is 5.98. The van der Waals surface area contributed by atoms with E-state index >= 15 is 0 Å². The Hall–Kier alpha value is -2.94. The Labute approximate surface area is 176 Å². The fourth-order valence-corrected chi connectivity index (χ4v) is 4.19. The van der Waals surface area contributed by atoms with E-state index in [2.05, 4.69) is 9.97 Å². The van der Waals surface area contributed by atoms with Gasteiger partial charge in [-0.25, -0.2) is 4.98 Å². The summed E-state index contributed by atoms with van der Waals surface area (Å²) in [6, 6.07) is 10.9. The fraction of sp³-hybridized carbons (Fsp3) is 0.286. The minimum Gasteiger partial charge on any atom is -0.361 e. The molecule has 0 atom stereocenters. The van der Waals surface area contributed by atoms with Gasteiger partial charge in [-0.3, -0.25) is 9.59 Å². The maximum Gasteiger partial charge on any atom is 0.290 e. The number of nitrogens with zero attached hydrogens (tertiary/aromatic N) is 3. The molecular formula is C21H20F2N4O2S. The second kappa shape index (κ2) is 8.83. The van der Waals surface area contributed by atoms with E-state index in [9.17, 15) is 18.4 Å². The Morgan fingerprint density at radius 2 is 1.80 bits per heavy atom. The van der Waals surface area contributed by atoms with Crippen molar-refractivity contribution in [2.45, 2.75) is 17.2 Å². The van der Waals surface area contributed by atoms with Gasteiger partial charge in [0.05, 0.1) is 12.0 Å². The number of aromatic amines is 1. The van der Waals surface area contributed by atoms with Crippen molar-refractivity contribution in [1.29, 1.82) is 0 Å². The van der Waals surface area contributed by atoms with Crippen LogP contribution >= 0.6 is 11.8 Å². The molecule has 4 rings (SSSR count). The van der Waals surface area contributed by atoms with Crippen molar-refractivity contribution in [3.63, 3.8) is 0 Å². The van der Waals surface area contributed by atoms with E-state index in [1.54, 1.807) is 15.9 Å². The zero-order valence-corrected chi connectivity index (χ0v) is 16.9. The van der Waals surface area contributed by atoms with Crippen LogP contribution in [-0.2, 0) is 11.2 Å². The molecule has 6 nitrogen and oxygen atoms in total. The van der Waals surface area contributed by atoms with Crippen molar-refractivity contribution in [3.8, 4) is 0 Å². The molecule has 1 aliphatic heterocycles. The number of fused-ring (bicyclic) bond motifs is 1. The van der Waals surface area contributed by atoms with E-state index in [-0.39, 0.29) is 40.6 Å². The SMILES string of the molecule is O=C(Cc1c[nH]c2ccccc12)N1CCN(C(=O)c2cccnc2SC(F)F)CC1. The van der Waals surface area contributed by atoms with Gasteiger partial charge >= 0.3 is 0 Å². The van der Waals surface area contributed by atoms with E-state index in [0.717, 1.165) is 16.5 Å². The van der Waals surface area contributed by atoms with E-state index in [1.165, 1.54) is 12.3 Å². The molecular weight excluding hydrogens is 410 g/mol. The van der Waals surface area contributed by atoms with Crippen LogP contribution in [0.15, 0.2) is 53.8 Å². The largest absolute Gasteiger partial charge is 0.361 e. The second-order valence-electron chi connectivity index (χ2n) is 6.94. The number of para-hydroxylation sites is 1. The number of amides is 2. The Bertz CT molecular complexity index is 1060. The van der Waals surface area contributed by atoms with Crippen LogP contribution in [0.1, 0.15) is 15.9 Å². The van der Waals surface area contributed by atoms with Crippen LogP contribution in [0.5, 0.6) is 0 Å². The number of nitrogens with one attached hydrogen (secondary N) is 1. The van der Waals surface area contributed by atoms with Gasteiger partial charge in [-0.15, -0.1) is 0 Å². The van der Waals surface area contributed by atoms with Crippen LogP contribution < -0.4 is 0 Å². The molecule has 30 heavy (non-hydrogen) atoms. The predicted molar refractivity (Wildman–Crippen MR) is 111 cm³/mol. The van der Waals surface area contributed by atoms with Gasteiger partial charge in [-0.1, -0.05) is 18.2 Å². The highest BCUT2D eigenvalue weighted by atomic mass is 32.2. The molecule has 3 heterocycles. The molecule has 0 saturated carbocycles. The van der Waals surface area contributed by atoms with E-state index in [4.69, 9.17) is 0 Å². The third-order valence-corrected chi connectivity index (χ3v) is 5.87. The summed E-state index contributed by atoms with van der Waals surface area (Å²) in [7, 11) is 0. The summed E-state index contributed by atoms with van der Waals surface area (Å²) in [6.45, 7) is 1.52. The number of halogens is 2. The lowest BCUT2D eigenvalue weighted by Gasteiger charge is -2.35. The smallest absolute Gasteiger partial charge is 0.290 e. The normalized spacial score (nSPS) is 14.5. The zero-order chi connectivity index (χ0) is 21.1. The summed E-state index contributed by atoms with van der Waals surface area (Å²) in [5, 5.41) is 1.05. The van der Waals surface area contributed by atoms with E-state index < -0.39 is 5.76 Å². The monoisotopic (exact) mass is 430 g/mol. The van der Waals surface area contributed by atoms with Gasteiger partial charge in [-0.2, -0.15) is 8.78 Å². The maximum absolute atomic E-state index is 12.8. The lowest BCUT2D eigenvalue weighted by atomic mass is 10.1. The van der Waals surface area contributed by atoms with Crippen molar-refractivity contribution in [2.75, 3.05) is 26.2 Å². The maximum atomic E-state index is 12.8. The number of H-pyrrole nitrogens is 1. The van der Waals surface area contributed by atoms with Gasteiger partial charge in [-0.05, 0) is 35.5 Å². The van der Waals surface area contributed by atoms with Gasteiger partial charge in [0.15, 0.2) is 0 Å². The highest BCUT2D eigenvalue weighted by Crippen LogP contribution is 2.27. The zero-order valence-electron chi connectivity index (χ0n) is 16.1. The van der Waals surface area contributed by atoms with Gasteiger partial charge < -0.3 is 14.8 Å². The first-order valence-electron chi connectivity index (χ1n) is 9.55. The molecule has 0 spiro atoms. The molecule has 0 unspecified atom stereocenters. The standard InChI is InChI=1S/C21H20F2N4O2S/c22-21(23)30-19-16(5-3-7-24-19)20(29)27-10-8-26(9-11-27)18(28)12-14-13-25-17-6-2-1-4-15(14)17/h1-7,13,21,25H,8-12H2. The molecule has 156 valence electrons.